The second kappa shape index (κ2) is 4.67. The third-order valence-electron chi connectivity index (χ3n) is 2.40. The summed E-state index contributed by atoms with van der Waals surface area (Å²) in [5.74, 6) is 0.915. The van der Waals surface area contributed by atoms with Crippen molar-refractivity contribution in [2.75, 3.05) is 7.05 Å². The maximum atomic E-state index is 5.92. The van der Waals surface area contributed by atoms with Crippen LogP contribution in [-0.2, 0) is 20.1 Å². The number of nitrogens with zero attached hydrogens (tertiary/aromatic N) is 4. The molecule has 0 aliphatic heterocycles. The van der Waals surface area contributed by atoms with Crippen molar-refractivity contribution >= 4 is 11.6 Å². The van der Waals surface area contributed by atoms with Crippen LogP contribution in [0.4, 0.5) is 0 Å². The monoisotopic (exact) mass is 239 g/mol. The molecular weight excluding hydrogens is 226 g/mol. The fourth-order valence-electron chi connectivity index (χ4n) is 1.50. The Morgan fingerprint density at radius 2 is 2.25 bits per heavy atom. The van der Waals surface area contributed by atoms with E-state index in [9.17, 15) is 0 Å². The first-order valence-corrected chi connectivity index (χ1v) is 5.40. The average Bonchev–Trinajstić information content (AvgIpc) is 2.82. The van der Waals surface area contributed by atoms with Gasteiger partial charge in [0.1, 0.15) is 11.0 Å². The lowest BCUT2D eigenvalue weighted by Gasteiger charge is -2.02. The van der Waals surface area contributed by atoms with Gasteiger partial charge < -0.3 is 14.5 Å². The Bertz CT molecular complexity index is 473. The average molecular weight is 240 g/mol. The summed E-state index contributed by atoms with van der Waals surface area (Å²) in [7, 11) is 3.80. The van der Waals surface area contributed by atoms with Crippen LogP contribution in [0.3, 0.4) is 0 Å². The van der Waals surface area contributed by atoms with Gasteiger partial charge in [0.15, 0.2) is 0 Å². The number of nitrogens with one attached hydrogen (secondary N) is 1. The molecule has 1 N–H and O–H groups in total. The minimum atomic E-state index is 0.644. The Kier molecular flexibility index (Phi) is 3.26. The van der Waals surface area contributed by atoms with Gasteiger partial charge in [0.05, 0.1) is 24.8 Å². The third kappa shape index (κ3) is 2.25. The maximum Gasteiger partial charge on any atom is 0.129 e. The van der Waals surface area contributed by atoms with Crippen molar-refractivity contribution in [3.8, 4) is 0 Å². The standard InChI is InChI=1S/C10H14ClN5/c1-12-3-8-5-16(7-14-8)6-10-13-4-9(11)15(10)2/h4-5,7,12H,3,6H2,1-2H3. The summed E-state index contributed by atoms with van der Waals surface area (Å²) in [6.45, 7) is 1.45. The van der Waals surface area contributed by atoms with E-state index in [0.717, 1.165) is 18.1 Å². The molecule has 0 aliphatic rings. The van der Waals surface area contributed by atoms with Gasteiger partial charge in [-0.15, -0.1) is 0 Å². The highest BCUT2D eigenvalue weighted by Crippen LogP contribution is 2.10. The molecule has 0 radical (unpaired) electrons. The van der Waals surface area contributed by atoms with Crippen molar-refractivity contribution in [3.05, 3.63) is 35.4 Å². The lowest BCUT2D eigenvalue weighted by Crippen LogP contribution is -2.06. The molecule has 2 aromatic rings. The van der Waals surface area contributed by atoms with Crippen LogP contribution in [0.15, 0.2) is 18.7 Å². The van der Waals surface area contributed by atoms with Crippen molar-refractivity contribution in [1.82, 2.24) is 24.4 Å². The second-order valence-electron chi connectivity index (χ2n) is 3.62. The van der Waals surface area contributed by atoms with E-state index in [2.05, 4.69) is 15.3 Å². The highest BCUT2D eigenvalue weighted by molar-refractivity contribution is 6.29. The summed E-state index contributed by atoms with van der Waals surface area (Å²) in [5, 5.41) is 3.70. The summed E-state index contributed by atoms with van der Waals surface area (Å²) < 4.78 is 3.85. The van der Waals surface area contributed by atoms with Crippen molar-refractivity contribution in [3.63, 3.8) is 0 Å². The van der Waals surface area contributed by atoms with Gasteiger partial charge in [0, 0.05) is 19.8 Å². The van der Waals surface area contributed by atoms with Gasteiger partial charge >= 0.3 is 0 Å². The number of hydrogen-bond donors (Lipinski definition) is 1. The molecule has 2 aromatic heterocycles. The molecule has 0 spiro atoms. The highest BCUT2D eigenvalue weighted by Gasteiger charge is 2.05. The molecule has 86 valence electrons. The molecule has 0 saturated heterocycles. The highest BCUT2D eigenvalue weighted by atomic mass is 35.5. The SMILES string of the molecule is CNCc1cn(Cc2ncc(Cl)n2C)cn1. The van der Waals surface area contributed by atoms with Crippen molar-refractivity contribution in [2.24, 2.45) is 7.05 Å². The van der Waals surface area contributed by atoms with Gasteiger partial charge in [0.25, 0.3) is 0 Å². The number of aromatic nitrogens is 4. The van der Waals surface area contributed by atoms with Gasteiger partial charge in [-0.2, -0.15) is 0 Å². The zero-order chi connectivity index (χ0) is 11.5. The van der Waals surface area contributed by atoms with Gasteiger partial charge in [-0.25, -0.2) is 9.97 Å². The zero-order valence-corrected chi connectivity index (χ0v) is 10.1. The van der Waals surface area contributed by atoms with Gasteiger partial charge in [0.2, 0.25) is 0 Å². The lowest BCUT2D eigenvalue weighted by molar-refractivity contribution is 0.698. The summed E-state index contributed by atoms with van der Waals surface area (Å²) in [6.07, 6.45) is 5.46. The first-order valence-electron chi connectivity index (χ1n) is 5.02. The molecule has 0 aliphatic carbocycles. The minimum Gasteiger partial charge on any atom is -0.330 e. The van der Waals surface area contributed by atoms with E-state index in [1.807, 2.05) is 29.4 Å². The van der Waals surface area contributed by atoms with Crippen LogP contribution in [-0.4, -0.2) is 26.1 Å². The first-order chi connectivity index (χ1) is 7.70. The summed E-state index contributed by atoms with van der Waals surface area (Å²) in [4.78, 5) is 8.50. The van der Waals surface area contributed by atoms with Crippen LogP contribution in [0.1, 0.15) is 11.5 Å². The molecule has 0 bridgehead atoms. The molecule has 0 fully saturated rings. The molecule has 0 amide bonds. The Morgan fingerprint density at radius 3 is 2.88 bits per heavy atom. The van der Waals surface area contributed by atoms with Crippen LogP contribution in [0.2, 0.25) is 5.15 Å². The largest absolute Gasteiger partial charge is 0.330 e. The number of hydrogen-bond acceptors (Lipinski definition) is 3. The second-order valence-corrected chi connectivity index (χ2v) is 4.01. The normalized spacial score (nSPS) is 10.9. The Morgan fingerprint density at radius 1 is 1.44 bits per heavy atom. The predicted molar refractivity (Wildman–Crippen MR) is 62.3 cm³/mol. The van der Waals surface area contributed by atoms with Gasteiger partial charge in [-0.3, -0.25) is 0 Å². The van der Waals surface area contributed by atoms with Gasteiger partial charge in [-0.1, -0.05) is 11.6 Å². The quantitative estimate of drug-likeness (QED) is 0.867. The Labute approximate surface area is 99.1 Å². The number of imidazole rings is 2. The molecule has 0 saturated carbocycles. The molecule has 0 unspecified atom stereocenters. The van der Waals surface area contributed by atoms with Crippen LogP contribution < -0.4 is 5.32 Å². The van der Waals surface area contributed by atoms with E-state index in [1.165, 1.54) is 0 Å². The fraction of sp³-hybridized carbons (Fsp3) is 0.400. The van der Waals surface area contributed by atoms with Crippen molar-refractivity contribution < 1.29 is 0 Å². The van der Waals surface area contributed by atoms with Crippen molar-refractivity contribution in [2.45, 2.75) is 13.1 Å². The van der Waals surface area contributed by atoms with Crippen LogP contribution in [0, 0.1) is 0 Å². The third-order valence-corrected chi connectivity index (χ3v) is 2.75. The van der Waals surface area contributed by atoms with E-state index in [1.54, 1.807) is 12.5 Å². The topological polar surface area (TPSA) is 47.7 Å². The summed E-state index contributed by atoms with van der Waals surface area (Å²) >= 11 is 5.92. The van der Waals surface area contributed by atoms with E-state index in [0.29, 0.717) is 11.7 Å². The summed E-state index contributed by atoms with van der Waals surface area (Å²) in [6, 6.07) is 0. The molecular formula is C10H14ClN5. The summed E-state index contributed by atoms with van der Waals surface area (Å²) in [5.41, 5.74) is 1.02. The molecule has 2 rings (SSSR count). The van der Waals surface area contributed by atoms with E-state index < -0.39 is 0 Å². The van der Waals surface area contributed by atoms with Crippen LogP contribution >= 0.6 is 11.6 Å². The van der Waals surface area contributed by atoms with E-state index in [-0.39, 0.29) is 0 Å². The minimum absolute atomic E-state index is 0.644. The predicted octanol–water partition coefficient (Wildman–Crippen LogP) is 1.04. The Balaban J connectivity index is 2.11. The van der Waals surface area contributed by atoms with E-state index in [4.69, 9.17) is 11.6 Å². The lowest BCUT2D eigenvalue weighted by atomic mass is 10.5. The fourth-order valence-corrected chi connectivity index (χ4v) is 1.65. The van der Waals surface area contributed by atoms with Crippen molar-refractivity contribution in [1.29, 1.82) is 0 Å². The number of halogens is 1. The molecule has 6 heteroatoms. The van der Waals surface area contributed by atoms with E-state index >= 15 is 0 Å². The maximum absolute atomic E-state index is 5.92. The molecule has 2 heterocycles. The van der Waals surface area contributed by atoms with Crippen LogP contribution in [0.5, 0.6) is 0 Å². The smallest absolute Gasteiger partial charge is 0.129 e. The molecule has 0 aromatic carbocycles. The molecule has 5 nitrogen and oxygen atoms in total. The zero-order valence-electron chi connectivity index (χ0n) is 9.31. The Hall–Kier alpha value is -1.33. The number of rotatable bonds is 4. The molecule has 16 heavy (non-hydrogen) atoms. The molecule has 0 atom stereocenters. The first kappa shape index (κ1) is 11.2. The van der Waals surface area contributed by atoms with Crippen LogP contribution in [0.25, 0.3) is 0 Å². The van der Waals surface area contributed by atoms with Gasteiger partial charge in [-0.05, 0) is 7.05 Å².